The van der Waals surface area contributed by atoms with E-state index in [1.54, 1.807) is 0 Å². The molecule has 0 aromatic rings. The van der Waals surface area contributed by atoms with Crippen LogP contribution in [0.4, 0.5) is 0 Å². The number of hydrogen-bond acceptors (Lipinski definition) is 9. The highest BCUT2D eigenvalue weighted by Crippen LogP contribution is 2.12. The Morgan fingerprint density at radius 1 is 0.774 bits per heavy atom. The molecule has 0 radical (unpaired) electrons. The summed E-state index contributed by atoms with van der Waals surface area (Å²) in [5, 5.41) is 0. The lowest BCUT2D eigenvalue weighted by atomic mass is 10.1. The highest BCUT2D eigenvalue weighted by molar-refractivity contribution is 5.70. The Labute approximate surface area is 187 Å². The average Bonchev–Trinajstić information content (AvgIpc) is 2.78. The Kier molecular flexibility index (Phi) is 14.1. The fourth-order valence-corrected chi connectivity index (χ4v) is 3.79. The summed E-state index contributed by atoms with van der Waals surface area (Å²) in [6.45, 7) is 9.21. The fourth-order valence-electron chi connectivity index (χ4n) is 3.79. The normalized spacial score (nSPS) is 17.5. The number of methoxy groups -OCH3 is 3. The molecule has 1 rings (SSSR count). The van der Waals surface area contributed by atoms with Gasteiger partial charge in [0.25, 0.3) is 0 Å². The molecule has 0 unspecified atom stereocenters. The SMILES string of the molecule is COC(=O)CCCCCN1CCN(CCN(CCC(=O)OC)CCC(=O)OC)C[C@@H]1C. The highest BCUT2D eigenvalue weighted by Gasteiger charge is 2.23. The Morgan fingerprint density at radius 2 is 1.35 bits per heavy atom. The number of piperazine rings is 1. The lowest BCUT2D eigenvalue weighted by molar-refractivity contribution is -0.142. The third-order valence-electron chi connectivity index (χ3n) is 5.86. The Bertz CT molecular complexity index is 525. The zero-order valence-corrected chi connectivity index (χ0v) is 19.8. The van der Waals surface area contributed by atoms with Gasteiger partial charge in [-0.25, -0.2) is 0 Å². The Balaban J connectivity index is 2.33. The molecule has 1 heterocycles. The van der Waals surface area contributed by atoms with E-state index >= 15 is 0 Å². The zero-order chi connectivity index (χ0) is 23.1. The molecule has 31 heavy (non-hydrogen) atoms. The summed E-state index contributed by atoms with van der Waals surface area (Å²) in [5.41, 5.74) is 0. The van der Waals surface area contributed by atoms with Crippen LogP contribution in [0, 0.1) is 0 Å². The van der Waals surface area contributed by atoms with Gasteiger partial charge in [-0.1, -0.05) is 6.42 Å². The van der Waals surface area contributed by atoms with Crippen LogP contribution in [-0.4, -0.2) is 112 Å². The van der Waals surface area contributed by atoms with Gasteiger partial charge in [0, 0.05) is 58.3 Å². The van der Waals surface area contributed by atoms with Gasteiger partial charge >= 0.3 is 17.9 Å². The number of carbonyl (C=O) groups is 3. The van der Waals surface area contributed by atoms with Crippen LogP contribution in [0.2, 0.25) is 0 Å². The number of rotatable bonds is 15. The average molecular weight is 444 g/mol. The van der Waals surface area contributed by atoms with E-state index in [-0.39, 0.29) is 17.9 Å². The molecule has 9 nitrogen and oxygen atoms in total. The first-order valence-corrected chi connectivity index (χ1v) is 11.3. The molecule has 1 atom stereocenters. The molecule has 0 spiro atoms. The highest BCUT2D eigenvalue weighted by atomic mass is 16.5. The standard InChI is InChI=1S/C22H41N3O6/c1-19-18-24(16-17-25(19)11-7-5-6-8-20(26)29-2)15-14-23(12-9-21(27)30-3)13-10-22(28)31-4/h19H,5-18H2,1-4H3/t19-/m0/s1. The fraction of sp³-hybridized carbons (Fsp3) is 0.864. The second-order valence-electron chi connectivity index (χ2n) is 8.07. The van der Waals surface area contributed by atoms with Crippen molar-refractivity contribution in [3.05, 3.63) is 0 Å². The quantitative estimate of drug-likeness (QED) is 0.210. The Hall–Kier alpha value is -1.71. The topological polar surface area (TPSA) is 88.6 Å². The predicted molar refractivity (Wildman–Crippen MR) is 118 cm³/mol. The molecular formula is C22H41N3O6. The Morgan fingerprint density at radius 3 is 1.90 bits per heavy atom. The third-order valence-corrected chi connectivity index (χ3v) is 5.86. The van der Waals surface area contributed by atoms with Crippen LogP contribution >= 0.6 is 0 Å². The van der Waals surface area contributed by atoms with Crippen LogP contribution in [0.15, 0.2) is 0 Å². The number of ether oxygens (including phenoxy) is 3. The van der Waals surface area contributed by atoms with Crippen LogP contribution in [0.1, 0.15) is 45.4 Å². The predicted octanol–water partition coefficient (Wildman–Crippen LogP) is 1.15. The first-order chi connectivity index (χ1) is 14.9. The summed E-state index contributed by atoms with van der Waals surface area (Å²) in [6, 6.07) is 0.480. The number of nitrogens with zero attached hydrogens (tertiary/aromatic N) is 3. The van der Waals surface area contributed by atoms with Gasteiger partial charge in [-0.05, 0) is 26.3 Å². The van der Waals surface area contributed by atoms with E-state index in [9.17, 15) is 14.4 Å². The van der Waals surface area contributed by atoms with E-state index in [2.05, 4.69) is 26.4 Å². The van der Waals surface area contributed by atoms with Crippen LogP contribution in [0.25, 0.3) is 0 Å². The molecule has 0 N–H and O–H groups in total. The maximum absolute atomic E-state index is 11.5. The molecular weight excluding hydrogens is 402 g/mol. The van der Waals surface area contributed by atoms with Gasteiger partial charge in [0.15, 0.2) is 0 Å². The molecule has 0 bridgehead atoms. The van der Waals surface area contributed by atoms with Gasteiger partial charge in [0.05, 0.1) is 34.2 Å². The molecule has 1 saturated heterocycles. The van der Waals surface area contributed by atoms with E-state index in [0.29, 0.717) is 38.4 Å². The molecule has 1 aliphatic heterocycles. The van der Waals surface area contributed by atoms with Crippen LogP contribution in [0.5, 0.6) is 0 Å². The van der Waals surface area contributed by atoms with Crippen molar-refractivity contribution in [3.63, 3.8) is 0 Å². The van der Waals surface area contributed by atoms with Gasteiger partial charge < -0.3 is 19.1 Å². The largest absolute Gasteiger partial charge is 0.469 e. The third kappa shape index (κ3) is 12.0. The molecule has 0 aromatic heterocycles. The van der Waals surface area contributed by atoms with Crippen molar-refractivity contribution in [1.29, 1.82) is 0 Å². The monoisotopic (exact) mass is 443 g/mol. The zero-order valence-electron chi connectivity index (χ0n) is 19.8. The minimum Gasteiger partial charge on any atom is -0.469 e. The van der Waals surface area contributed by atoms with Crippen molar-refractivity contribution in [1.82, 2.24) is 14.7 Å². The van der Waals surface area contributed by atoms with E-state index < -0.39 is 0 Å². The maximum Gasteiger partial charge on any atom is 0.306 e. The number of carbonyl (C=O) groups excluding carboxylic acids is 3. The van der Waals surface area contributed by atoms with E-state index in [4.69, 9.17) is 9.47 Å². The van der Waals surface area contributed by atoms with Gasteiger partial charge in [-0.15, -0.1) is 0 Å². The second kappa shape index (κ2) is 16.0. The molecule has 0 aliphatic carbocycles. The molecule has 180 valence electrons. The number of unbranched alkanes of at least 4 members (excludes halogenated alkanes) is 2. The van der Waals surface area contributed by atoms with Gasteiger partial charge in [-0.3, -0.25) is 24.2 Å². The minimum absolute atomic E-state index is 0.130. The van der Waals surface area contributed by atoms with Crippen molar-refractivity contribution in [3.8, 4) is 0 Å². The number of hydrogen-bond donors (Lipinski definition) is 0. The summed E-state index contributed by atoms with van der Waals surface area (Å²) < 4.78 is 14.1. The molecule has 0 aromatic carbocycles. The summed E-state index contributed by atoms with van der Waals surface area (Å²) in [7, 11) is 4.21. The smallest absolute Gasteiger partial charge is 0.306 e. The first kappa shape index (κ1) is 27.3. The van der Waals surface area contributed by atoms with Crippen molar-refractivity contribution >= 4 is 17.9 Å². The van der Waals surface area contributed by atoms with Gasteiger partial charge in [0.1, 0.15) is 0 Å². The maximum atomic E-state index is 11.5. The van der Waals surface area contributed by atoms with Crippen molar-refractivity contribution in [2.75, 3.05) is 73.7 Å². The van der Waals surface area contributed by atoms with Crippen molar-refractivity contribution in [2.24, 2.45) is 0 Å². The molecule has 9 heteroatoms. The van der Waals surface area contributed by atoms with Gasteiger partial charge in [-0.2, -0.15) is 0 Å². The van der Waals surface area contributed by atoms with Crippen LogP contribution in [0.3, 0.4) is 0 Å². The molecule has 0 amide bonds. The summed E-state index contributed by atoms with van der Waals surface area (Å²) >= 11 is 0. The van der Waals surface area contributed by atoms with E-state index in [1.165, 1.54) is 21.3 Å². The van der Waals surface area contributed by atoms with Gasteiger partial charge in [0.2, 0.25) is 0 Å². The molecule has 0 saturated carbocycles. The summed E-state index contributed by atoms with van der Waals surface area (Å²) in [6.07, 6.45) is 4.15. The lowest BCUT2D eigenvalue weighted by Gasteiger charge is -2.40. The second-order valence-corrected chi connectivity index (χ2v) is 8.07. The summed E-state index contributed by atoms with van der Waals surface area (Å²) in [4.78, 5) is 41.2. The molecule has 1 fully saturated rings. The molecule has 1 aliphatic rings. The van der Waals surface area contributed by atoms with Crippen molar-refractivity contribution < 1.29 is 28.6 Å². The lowest BCUT2D eigenvalue weighted by Crippen LogP contribution is -2.53. The number of esters is 3. The van der Waals surface area contributed by atoms with Crippen LogP contribution in [-0.2, 0) is 28.6 Å². The minimum atomic E-state index is -0.239. The van der Waals surface area contributed by atoms with Crippen LogP contribution < -0.4 is 0 Å². The summed E-state index contributed by atoms with van der Waals surface area (Å²) in [5.74, 6) is -0.608. The van der Waals surface area contributed by atoms with E-state index in [0.717, 1.165) is 58.5 Å². The van der Waals surface area contributed by atoms with Crippen molar-refractivity contribution in [2.45, 2.75) is 51.5 Å². The first-order valence-electron chi connectivity index (χ1n) is 11.3. The van der Waals surface area contributed by atoms with E-state index in [1.807, 2.05) is 0 Å².